The van der Waals surface area contributed by atoms with E-state index in [0.29, 0.717) is 21.9 Å². The lowest BCUT2D eigenvalue weighted by Crippen LogP contribution is -2.17. The Balaban J connectivity index is 1.89. The van der Waals surface area contributed by atoms with Crippen molar-refractivity contribution in [2.75, 3.05) is 12.8 Å². The Morgan fingerprint density at radius 3 is 2.65 bits per heavy atom. The number of fused-ring (bicyclic) bond motifs is 1. The maximum Gasteiger partial charge on any atom is 0.251 e. The zero-order valence-electron chi connectivity index (χ0n) is 12.4. The molecule has 1 N–H and O–H groups in total. The minimum atomic E-state index is -0.128. The maximum atomic E-state index is 12.6. The van der Waals surface area contributed by atoms with E-state index >= 15 is 0 Å². The summed E-state index contributed by atoms with van der Waals surface area (Å²) in [4.78, 5) is 25.1. The first-order valence-corrected chi connectivity index (χ1v) is 8.44. The van der Waals surface area contributed by atoms with E-state index in [1.165, 1.54) is 0 Å². The zero-order chi connectivity index (χ0) is 16.4. The Labute approximate surface area is 143 Å². The summed E-state index contributed by atoms with van der Waals surface area (Å²) in [6.45, 7) is 0. The number of hydrogen-bond acceptors (Lipinski definition) is 3. The smallest absolute Gasteiger partial charge is 0.251 e. The minimum Gasteiger partial charge on any atom is -0.355 e. The monoisotopic (exact) mass is 343 g/mol. The average Bonchev–Trinajstić information content (AvgIpc) is 2.58. The van der Waals surface area contributed by atoms with Crippen LogP contribution in [-0.2, 0) is 0 Å². The predicted molar refractivity (Wildman–Crippen MR) is 94.3 cm³/mol. The van der Waals surface area contributed by atoms with Gasteiger partial charge in [0.25, 0.3) is 5.91 Å². The number of Topliss-reactive ketones (excluding diaryl/α,β-unsaturated/α-hetero) is 1. The molecule has 1 aliphatic heterocycles. The lowest BCUT2D eigenvalue weighted by atomic mass is 10.0. The second-order valence-electron chi connectivity index (χ2n) is 5.13. The van der Waals surface area contributed by atoms with Gasteiger partial charge in [0.1, 0.15) is 0 Å². The quantitative estimate of drug-likeness (QED) is 0.836. The SMILES string of the molecule is CNC(=O)c1ccc(/C=C2/CSc3ccc(Cl)cc3C2=O)cc1. The van der Waals surface area contributed by atoms with Crippen LogP contribution in [0.15, 0.2) is 52.9 Å². The van der Waals surface area contributed by atoms with Gasteiger partial charge in [-0.1, -0.05) is 23.7 Å². The Bertz CT molecular complexity index is 812. The number of ketones is 1. The van der Waals surface area contributed by atoms with Crippen molar-refractivity contribution in [3.63, 3.8) is 0 Å². The van der Waals surface area contributed by atoms with E-state index in [1.54, 1.807) is 43.1 Å². The van der Waals surface area contributed by atoms with Crippen LogP contribution in [0, 0.1) is 0 Å². The lowest BCUT2D eigenvalue weighted by Gasteiger charge is -2.17. The normalized spacial score (nSPS) is 15.4. The molecule has 0 aromatic heterocycles. The Morgan fingerprint density at radius 2 is 1.96 bits per heavy atom. The highest BCUT2D eigenvalue weighted by atomic mass is 35.5. The van der Waals surface area contributed by atoms with Crippen LogP contribution in [0.5, 0.6) is 0 Å². The standard InChI is InChI=1S/C18H14ClNO2S/c1-20-18(22)12-4-2-11(3-5-12)8-13-10-23-16-7-6-14(19)9-15(16)17(13)21/h2-9H,10H2,1H3,(H,20,22)/b13-8-. The van der Waals surface area contributed by atoms with Gasteiger partial charge in [-0.25, -0.2) is 0 Å². The van der Waals surface area contributed by atoms with Gasteiger partial charge in [-0.3, -0.25) is 9.59 Å². The van der Waals surface area contributed by atoms with Crippen molar-refractivity contribution in [2.24, 2.45) is 0 Å². The number of rotatable bonds is 2. The predicted octanol–water partition coefficient (Wildman–Crippen LogP) is 4.07. The van der Waals surface area contributed by atoms with Crippen molar-refractivity contribution in [1.82, 2.24) is 5.32 Å². The summed E-state index contributed by atoms with van der Waals surface area (Å²) < 4.78 is 0. The van der Waals surface area contributed by atoms with Crippen LogP contribution in [0.2, 0.25) is 5.02 Å². The van der Waals surface area contributed by atoms with Crippen molar-refractivity contribution >= 4 is 41.1 Å². The molecule has 0 saturated heterocycles. The molecular weight excluding hydrogens is 330 g/mol. The number of amides is 1. The van der Waals surface area contributed by atoms with Gasteiger partial charge in [-0.15, -0.1) is 11.8 Å². The Morgan fingerprint density at radius 1 is 1.22 bits per heavy atom. The van der Waals surface area contributed by atoms with Crippen molar-refractivity contribution < 1.29 is 9.59 Å². The third-order valence-electron chi connectivity index (χ3n) is 3.60. The molecule has 3 nitrogen and oxygen atoms in total. The fraction of sp³-hybridized carbons (Fsp3) is 0.111. The van der Waals surface area contributed by atoms with Gasteiger partial charge in [0.2, 0.25) is 0 Å². The minimum absolute atomic E-state index is 0.0108. The highest BCUT2D eigenvalue weighted by molar-refractivity contribution is 7.99. The molecule has 1 heterocycles. The molecular formula is C18H14ClNO2S. The van der Waals surface area contributed by atoms with Gasteiger partial charge < -0.3 is 5.32 Å². The largest absolute Gasteiger partial charge is 0.355 e. The number of thioether (sulfide) groups is 1. The van der Waals surface area contributed by atoms with Crippen LogP contribution >= 0.6 is 23.4 Å². The Hall–Kier alpha value is -2.04. The van der Waals surface area contributed by atoms with E-state index in [4.69, 9.17) is 11.6 Å². The van der Waals surface area contributed by atoms with Crippen LogP contribution in [0.4, 0.5) is 0 Å². The fourth-order valence-corrected chi connectivity index (χ4v) is 3.55. The van der Waals surface area contributed by atoms with E-state index in [0.717, 1.165) is 16.0 Å². The molecule has 0 unspecified atom stereocenters. The summed E-state index contributed by atoms with van der Waals surface area (Å²) >= 11 is 7.62. The van der Waals surface area contributed by atoms with Gasteiger partial charge in [0.05, 0.1) is 0 Å². The highest BCUT2D eigenvalue weighted by Crippen LogP contribution is 2.34. The number of carbonyl (C=O) groups excluding carboxylic acids is 2. The van der Waals surface area contributed by atoms with E-state index in [1.807, 2.05) is 24.3 Å². The zero-order valence-corrected chi connectivity index (χ0v) is 14.0. The van der Waals surface area contributed by atoms with Gasteiger partial charge >= 0.3 is 0 Å². The lowest BCUT2D eigenvalue weighted by molar-refractivity contribution is 0.0962. The number of nitrogens with one attached hydrogen (secondary N) is 1. The molecule has 0 saturated carbocycles. The first kappa shape index (κ1) is 15.8. The van der Waals surface area contributed by atoms with Gasteiger partial charge in [-0.2, -0.15) is 0 Å². The molecule has 0 aliphatic carbocycles. The van der Waals surface area contributed by atoms with Crippen LogP contribution < -0.4 is 5.32 Å². The molecule has 0 bridgehead atoms. The molecule has 23 heavy (non-hydrogen) atoms. The molecule has 1 aliphatic rings. The molecule has 0 fully saturated rings. The molecule has 5 heteroatoms. The van der Waals surface area contributed by atoms with Crippen LogP contribution in [0.1, 0.15) is 26.3 Å². The molecule has 2 aromatic rings. The summed E-state index contributed by atoms with van der Waals surface area (Å²) in [5.41, 5.74) is 2.88. The highest BCUT2D eigenvalue weighted by Gasteiger charge is 2.22. The molecule has 3 rings (SSSR count). The van der Waals surface area contributed by atoms with Gasteiger partial charge in [0.15, 0.2) is 5.78 Å². The van der Waals surface area contributed by atoms with E-state index in [9.17, 15) is 9.59 Å². The third kappa shape index (κ3) is 3.33. The molecule has 2 aromatic carbocycles. The number of hydrogen-bond donors (Lipinski definition) is 1. The molecule has 0 spiro atoms. The summed E-state index contributed by atoms with van der Waals surface area (Å²) in [5, 5.41) is 3.14. The molecule has 0 atom stereocenters. The average molecular weight is 344 g/mol. The van der Waals surface area contributed by atoms with Gasteiger partial charge in [-0.05, 0) is 42.0 Å². The van der Waals surface area contributed by atoms with E-state index < -0.39 is 0 Å². The van der Waals surface area contributed by atoms with Crippen LogP contribution in [-0.4, -0.2) is 24.5 Å². The first-order chi connectivity index (χ1) is 11.1. The third-order valence-corrected chi connectivity index (χ3v) is 4.96. The molecule has 116 valence electrons. The first-order valence-electron chi connectivity index (χ1n) is 7.08. The summed E-state index contributed by atoms with van der Waals surface area (Å²) in [6.07, 6.45) is 1.87. The summed E-state index contributed by atoms with van der Waals surface area (Å²) in [5.74, 6) is 0.513. The van der Waals surface area contributed by atoms with Crippen molar-refractivity contribution in [2.45, 2.75) is 4.90 Å². The van der Waals surface area contributed by atoms with E-state index in [2.05, 4.69) is 5.32 Å². The fourth-order valence-electron chi connectivity index (χ4n) is 2.38. The molecule has 0 radical (unpaired) electrons. The number of benzene rings is 2. The second kappa shape index (κ2) is 6.60. The second-order valence-corrected chi connectivity index (χ2v) is 6.58. The Kier molecular flexibility index (Phi) is 4.55. The van der Waals surface area contributed by atoms with Crippen LogP contribution in [0.3, 0.4) is 0 Å². The molecule has 1 amide bonds. The van der Waals surface area contributed by atoms with E-state index in [-0.39, 0.29) is 11.7 Å². The van der Waals surface area contributed by atoms with Crippen molar-refractivity contribution in [3.8, 4) is 0 Å². The number of halogens is 1. The topological polar surface area (TPSA) is 46.2 Å². The van der Waals surface area contributed by atoms with Crippen molar-refractivity contribution in [1.29, 1.82) is 0 Å². The van der Waals surface area contributed by atoms with Gasteiger partial charge in [0, 0.05) is 39.4 Å². The number of carbonyl (C=O) groups is 2. The van der Waals surface area contributed by atoms with Crippen LogP contribution in [0.25, 0.3) is 6.08 Å². The van der Waals surface area contributed by atoms with Crippen molar-refractivity contribution in [3.05, 3.63) is 69.8 Å². The summed E-state index contributed by atoms with van der Waals surface area (Å²) in [7, 11) is 1.60. The maximum absolute atomic E-state index is 12.6. The summed E-state index contributed by atoms with van der Waals surface area (Å²) in [6, 6.07) is 12.6.